The van der Waals surface area contributed by atoms with Crippen molar-refractivity contribution in [2.75, 3.05) is 0 Å². The molecular formula is C10H15. The number of hydrogen-bond acceptors (Lipinski definition) is 0. The lowest BCUT2D eigenvalue weighted by molar-refractivity contribution is 0.852. The predicted molar refractivity (Wildman–Crippen MR) is 45.7 cm³/mol. The molecule has 0 nitrogen and oxygen atoms in total. The van der Waals surface area contributed by atoms with Gasteiger partial charge in [0.1, 0.15) is 0 Å². The van der Waals surface area contributed by atoms with Gasteiger partial charge in [0, 0.05) is 0 Å². The Morgan fingerprint density at radius 2 is 1.50 bits per heavy atom. The highest BCUT2D eigenvalue weighted by atomic mass is 13.9. The van der Waals surface area contributed by atoms with Crippen LogP contribution in [0.15, 0.2) is 24.3 Å². The molecule has 0 aromatic heterocycles. The molecule has 0 aromatic rings. The normalized spacial score (nSPS) is 27.2. The molecule has 1 rings (SSSR count). The van der Waals surface area contributed by atoms with Crippen molar-refractivity contribution in [1.82, 2.24) is 0 Å². The highest BCUT2D eigenvalue weighted by molar-refractivity contribution is 4.97. The molecular weight excluding hydrogens is 120 g/mol. The monoisotopic (exact) mass is 135 g/mol. The number of hydrogen-bond donors (Lipinski definition) is 0. The van der Waals surface area contributed by atoms with Crippen molar-refractivity contribution in [3.63, 3.8) is 0 Å². The van der Waals surface area contributed by atoms with Gasteiger partial charge in [-0.25, -0.2) is 0 Å². The van der Waals surface area contributed by atoms with E-state index in [1.165, 1.54) is 32.1 Å². The van der Waals surface area contributed by atoms with Gasteiger partial charge in [-0.15, -0.1) is 0 Å². The Bertz CT molecular complexity index is 92.0. The smallest absolute Gasteiger partial charge is 0.0167 e. The van der Waals surface area contributed by atoms with E-state index in [-0.39, 0.29) is 0 Å². The maximum Gasteiger partial charge on any atom is -0.0167 e. The molecule has 0 spiro atoms. The topological polar surface area (TPSA) is 0 Å². The van der Waals surface area contributed by atoms with Crippen molar-refractivity contribution in [2.24, 2.45) is 0 Å². The van der Waals surface area contributed by atoms with Crippen LogP contribution in [0.3, 0.4) is 0 Å². The van der Waals surface area contributed by atoms with Crippen LogP contribution in [0.2, 0.25) is 0 Å². The van der Waals surface area contributed by atoms with Crippen LogP contribution in [0.4, 0.5) is 0 Å². The standard InChI is InChI=1S/C10H15/c1-2-4-6-8-10-9-7-5-3-1/h1-3,8,10H,4-7,9H2/b3-1+,10-8+. The van der Waals surface area contributed by atoms with Gasteiger partial charge in [0.15, 0.2) is 0 Å². The average molecular weight is 135 g/mol. The van der Waals surface area contributed by atoms with Crippen LogP contribution in [-0.2, 0) is 0 Å². The van der Waals surface area contributed by atoms with E-state index in [1.807, 2.05) is 0 Å². The first kappa shape index (κ1) is 7.59. The van der Waals surface area contributed by atoms with Crippen molar-refractivity contribution in [1.29, 1.82) is 0 Å². The first-order chi connectivity index (χ1) is 5.00. The number of rotatable bonds is 0. The van der Waals surface area contributed by atoms with Crippen molar-refractivity contribution in [2.45, 2.75) is 32.1 Å². The Hall–Kier alpha value is -0.520. The third kappa shape index (κ3) is 3.49. The Morgan fingerprint density at radius 1 is 0.700 bits per heavy atom. The van der Waals surface area contributed by atoms with Crippen molar-refractivity contribution in [3.8, 4) is 0 Å². The molecule has 1 radical (unpaired) electrons. The molecule has 55 valence electrons. The summed E-state index contributed by atoms with van der Waals surface area (Å²) in [6.07, 6.45) is 17.5. The summed E-state index contributed by atoms with van der Waals surface area (Å²) in [7, 11) is 0. The highest BCUT2D eigenvalue weighted by Gasteiger charge is 1.85. The second-order valence-electron chi connectivity index (χ2n) is 2.64. The van der Waals surface area contributed by atoms with Gasteiger partial charge in [0.05, 0.1) is 0 Å². The summed E-state index contributed by atoms with van der Waals surface area (Å²) < 4.78 is 0. The van der Waals surface area contributed by atoms with Crippen LogP contribution in [0, 0.1) is 6.42 Å². The molecule has 1 aliphatic rings. The molecule has 0 heteroatoms. The molecule has 0 saturated carbocycles. The molecule has 0 aromatic carbocycles. The molecule has 0 atom stereocenters. The summed E-state index contributed by atoms with van der Waals surface area (Å²) >= 11 is 0. The maximum absolute atomic E-state index is 2.30. The van der Waals surface area contributed by atoms with E-state index in [0.717, 1.165) is 0 Å². The van der Waals surface area contributed by atoms with Gasteiger partial charge in [-0.3, -0.25) is 0 Å². The van der Waals surface area contributed by atoms with Gasteiger partial charge < -0.3 is 0 Å². The second kappa shape index (κ2) is 5.28. The van der Waals surface area contributed by atoms with Gasteiger partial charge >= 0.3 is 0 Å². The molecule has 0 bridgehead atoms. The quantitative estimate of drug-likeness (QED) is 0.447. The van der Waals surface area contributed by atoms with E-state index >= 15 is 0 Å². The third-order valence-electron chi connectivity index (χ3n) is 1.68. The third-order valence-corrected chi connectivity index (χ3v) is 1.68. The van der Waals surface area contributed by atoms with E-state index in [2.05, 4.69) is 30.7 Å². The Kier molecular flexibility index (Phi) is 4.00. The van der Waals surface area contributed by atoms with E-state index in [4.69, 9.17) is 0 Å². The lowest BCUT2D eigenvalue weighted by atomic mass is 10.1. The van der Waals surface area contributed by atoms with Crippen LogP contribution in [0.1, 0.15) is 32.1 Å². The minimum Gasteiger partial charge on any atom is -0.0885 e. The lowest BCUT2D eigenvalue weighted by Crippen LogP contribution is -1.75. The molecule has 1 aliphatic carbocycles. The minimum atomic E-state index is 1.20. The van der Waals surface area contributed by atoms with Crippen molar-refractivity contribution < 1.29 is 0 Å². The highest BCUT2D eigenvalue weighted by Crippen LogP contribution is 2.04. The zero-order chi connectivity index (χ0) is 7.07. The molecule has 0 fully saturated rings. The summed E-state index contributed by atoms with van der Waals surface area (Å²) in [5, 5.41) is 0. The fraction of sp³-hybridized carbons (Fsp3) is 0.500. The summed E-state index contributed by atoms with van der Waals surface area (Å²) in [6.45, 7) is 0. The van der Waals surface area contributed by atoms with Gasteiger partial charge in [-0.05, 0) is 38.5 Å². The van der Waals surface area contributed by atoms with Crippen LogP contribution in [0.5, 0.6) is 0 Å². The average Bonchev–Trinajstić information content (AvgIpc) is 2.01. The van der Waals surface area contributed by atoms with E-state index in [9.17, 15) is 0 Å². The number of allylic oxidation sites excluding steroid dienone is 4. The van der Waals surface area contributed by atoms with Crippen molar-refractivity contribution >= 4 is 0 Å². The Labute approximate surface area is 63.6 Å². The fourth-order valence-corrected chi connectivity index (χ4v) is 1.07. The van der Waals surface area contributed by atoms with Gasteiger partial charge in [-0.1, -0.05) is 24.3 Å². The first-order valence-corrected chi connectivity index (χ1v) is 4.13. The van der Waals surface area contributed by atoms with Gasteiger partial charge in [0.2, 0.25) is 0 Å². The Morgan fingerprint density at radius 3 is 2.50 bits per heavy atom. The summed E-state index contributed by atoms with van der Waals surface area (Å²) in [4.78, 5) is 0. The molecule has 0 amide bonds. The van der Waals surface area contributed by atoms with E-state index in [1.54, 1.807) is 0 Å². The van der Waals surface area contributed by atoms with E-state index in [0.29, 0.717) is 0 Å². The second-order valence-corrected chi connectivity index (χ2v) is 2.64. The van der Waals surface area contributed by atoms with Gasteiger partial charge in [0.25, 0.3) is 0 Å². The maximum atomic E-state index is 2.30. The van der Waals surface area contributed by atoms with Crippen LogP contribution in [0.25, 0.3) is 0 Å². The predicted octanol–water partition coefficient (Wildman–Crippen LogP) is 3.27. The van der Waals surface area contributed by atoms with Crippen molar-refractivity contribution in [3.05, 3.63) is 30.7 Å². The summed E-state index contributed by atoms with van der Waals surface area (Å²) in [5.41, 5.74) is 0. The van der Waals surface area contributed by atoms with E-state index < -0.39 is 0 Å². The van der Waals surface area contributed by atoms with Crippen LogP contribution >= 0.6 is 0 Å². The fourth-order valence-electron chi connectivity index (χ4n) is 1.07. The van der Waals surface area contributed by atoms with Crippen LogP contribution in [-0.4, -0.2) is 0 Å². The zero-order valence-corrected chi connectivity index (χ0v) is 6.42. The van der Waals surface area contributed by atoms with Crippen LogP contribution < -0.4 is 0 Å². The molecule has 0 aliphatic heterocycles. The van der Waals surface area contributed by atoms with Gasteiger partial charge in [-0.2, -0.15) is 0 Å². The molecule has 0 saturated heterocycles. The largest absolute Gasteiger partial charge is 0.0885 e. The zero-order valence-electron chi connectivity index (χ0n) is 6.42. The Balaban J connectivity index is 2.22. The molecule has 0 heterocycles. The molecule has 10 heavy (non-hydrogen) atoms. The lowest BCUT2D eigenvalue weighted by Gasteiger charge is -1.95. The molecule has 0 unspecified atom stereocenters. The SMILES string of the molecule is [CH]1/C=C/CCC/C=C/CC1. The minimum absolute atomic E-state index is 1.20. The molecule has 0 N–H and O–H groups in total. The summed E-state index contributed by atoms with van der Waals surface area (Å²) in [5.74, 6) is 0. The summed E-state index contributed by atoms with van der Waals surface area (Å²) in [6, 6.07) is 0. The first-order valence-electron chi connectivity index (χ1n) is 4.13.